The van der Waals surface area contributed by atoms with E-state index in [1.807, 2.05) is 6.26 Å². The third-order valence-corrected chi connectivity index (χ3v) is 7.17. The van der Waals surface area contributed by atoms with E-state index in [2.05, 4.69) is 92.5 Å². The van der Waals surface area contributed by atoms with Crippen molar-refractivity contribution >= 4 is 41.0 Å². The van der Waals surface area contributed by atoms with E-state index in [1.165, 1.54) is 33.6 Å². The smallest absolute Gasteiger partial charge is 0.344 e. The topological polar surface area (TPSA) is 12.5 Å². The van der Waals surface area contributed by atoms with Gasteiger partial charge in [0.25, 0.3) is 0 Å². The van der Waals surface area contributed by atoms with Crippen LogP contribution in [0.4, 0.5) is 11.4 Å². The lowest BCUT2D eigenvalue weighted by molar-refractivity contribution is 0.558. The Hall–Kier alpha value is -2.48. The van der Waals surface area contributed by atoms with Gasteiger partial charge in [-0.1, -0.05) is 54.6 Å². The number of para-hydroxylation sites is 2. The first kappa shape index (κ1) is 17.9. The van der Waals surface area contributed by atoms with Crippen LogP contribution in [0.5, 0.6) is 0 Å². The monoisotopic (exact) mass is 390 g/mol. The largest absolute Gasteiger partial charge is 0.426 e. The highest BCUT2D eigenvalue weighted by Gasteiger charge is 2.26. The average molecular weight is 390 g/mol. The van der Waals surface area contributed by atoms with Crippen LogP contribution in [-0.4, -0.2) is 7.05 Å². The number of aryl methyl sites for hydroxylation is 2. The summed E-state index contributed by atoms with van der Waals surface area (Å²) in [7, 11) is 2.10. The molecule has 0 radical (unpaired) electrons. The SMILES string of the molecule is Cc1cccc(C)c1[P+](=S)OC=C1c2ccccc2N(C)c2ccccc21. The minimum atomic E-state index is -1.14. The molecule has 1 heterocycles. The molecule has 0 aromatic heterocycles. The minimum Gasteiger partial charge on any atom is -0.344 e. The van der Waals surface area contributed by atoms with Gasteiger partial charge in [-0.05, 0) is 26.0 Å². The van der Waals surface area contributed by atoms with Crippen molar-refractivity contribution in [3.63, 3.8) is 0 Å². The molecule has 1 unspecified atom stereocenters. The molecule has 2 nitrogen and oxygen atoms in total. The fourth-order valence-corrected chi connectivity index (χ4v) is 5.66. The fourth-order valence-electron chi connectivity index (χ4n) is 3.64. The van der Waals surface area contributed by atoms with Gasteiger partial charge in [0.15, 0.2) is 6.26 Å². The minimum absolute atomic E-state index is 1.09. The van der Waals surface area contributed by atoms with E-state index in [-0.39, 0.29) is 0 Å². The van der Waals surface area contributed by atoms with Crippen molar-refractivity contribution in [2.75, 3.05) is 11.9 Å². The van der Waals surface area contributed by atoms with Crippen LogP contribution in [0, 0.1) is 13.8 Å². The molecule has 0 saturated carbocycles. The molecule has 0 aliphatic carbocycles. The molecule has 0 spiro atoms. The maximum atomic E-state index is 6.18. The Kier molecular flexibility index (Phi) is 4.82. The van der Waals surface area contributed by atoms with Gasteiger partial charge in [-0.15, -0.1) is 0 Å². The van der Waals surface area contributed by atoms with Gasteiger partial charge in [-0.2, -0.15) is 0 Å². The number of hydrogen-bond donors (Lipinski definition) is 0. The molecule has 0 fully saturated rings. The Morgan fingerprint density at radius 2 is 1.33 bits per heavy atom. The van der Waals surface area contributed by atoms with E-state index in [1.54, 1.807) is 0 Å². The predicted octanol–water partition coefficient (Wildman–Crippen LogP) is 5.97. The molecule has 3 aromatic rings. The van der Waals surface area contributed by atoms with E-state index in [0.29, 0.717) is 0 Å². The summed E-state index contributed by atoms with van der Waals surface area (Å²) in [6.07, 6.45) is 1.87. The molecular formula is C23H21NOPS+. The summed E-state index contributed by atoms with van der Waals surface area (Å²) in [6.45, 7) is 3.06. The summed E-state index contributed by atoms with van der Waals surface area (Å²) in [6, 6.07) is 23.1. The van der Waals surface area contributed by atoms with Gasteiger partial charge in [0, 0.05) is 46.2 Å². The predicted molar refractivity (Wildman–Crippen MR) is 119 cm³/mol. The van der Waals surface area contributed by atoms with E-state index in [4.69, 9.17) is 16.3 Å². The summed E-state index contributed by atoms with van der Waals surface area (Å²) in [4.78, 5) is 2.23. The standard InChI is InChI=1S/C23H21NOPS/c1-16-9-8-10-17(2)23(16)26(27)25-15-20-18-11-4-6-13-21(18)24(3)22-14-7-5-12-19(20)22/h4-15H,1-3H3/q+1. The molecule has 134 valence electrons. The quantitative estimate of drug-likeness (QED) is 0.403. The summed E-state index contributed by atoms with van der Waals surface area (Å²) < 4.78 is 6.18. The second-order valence-electron chi connectivity index (χ2n) is 6.73. The molecule has 1 atom stereocenters. The first-order valence-electron chi connectivity index (χ1n) is 8.91. The Morgan fingerprint density at radius 1 is 0.815 bits per heavy atom. The van der Waals surface area contributed by atoms with Crippen LogP contribution in [0.2, 0.25) is 0 Å². The molecule has 3 aromatic carbocycles. The van der Waals surface area contributed by atoms with Crippen LogP contribution in [0.3, 0.4) is 0 Å². The maximum Gasteiger partial charge on any atom is 0.426 e. The highest BCUT2D eigenvalue weighted by Crippen LogP contribution is 2.44. The lowest BCUT2D eigenvalue weighted by Crippen LogP contribution is -2.17. The van der Waals surface area contributed by atoms with Crippen molar-refractivity contribution in [2.45, 2.75) is 13.8 Å². The number of fused-ring (bicyclic) bond motifs is 2. The Labute approximate surface area is 166 Å². The number of benzene rings is 3. The summed E-state index contributed by atoms with van der Waals surface area (Å²) in [5.74, 6) is 0. The van der Waals surface area contributed by atoms with Crippen molar-refractivity contribution < 1.29 is 4.52 Å². The van der Waals surface area contributed by atoms with Crippen LogP contribution in [-0.2, 0) is 16.3 Å². The van der Waals surface area contributed by atoms with Crippen LogP contribution >= 0.6 is 6.92 Å². The van der Waals surface area contributed by atoms with Crippen LogP contribution in [0.15, 0.2) is 73.0 Å². The Bertz CT molecular complexity index is 1000. The zero-order valence-corrected chi connectivity index (χ0v) is 17.4. The third-order valence-electron chi connectivity index (χ3n) is 5.00. The molecule has 1 aliphatic heterocycles. The normalized spacial score (nSPS) is 12.9. The van der Waals surface area contributed by atoms with E-state index in [9.17, 15) is 0 Å². The van der Waals surface area contributed by atoms with Gasteiger partial charge in [0.2, 0.25) is 17.1 Å². The van der Waals surface area contributed by atoms with E-state index < -0.39 is 6.92 Å². The molecule has 1 aliphatic rings. The molecule has 0 amide bonds. The average Bonchev–Trinajstić information content (AvgIpc) is 2.68. The highest BCUT2D eigenvalue weighted by atomic mass is 32.4. The molecule has 4 heteroatoms. The lowest BCUT2D eigenvalue weighted by atomic mass is 9.91. The molecule has 0 N–H and O–H groups in total. The van der Waals surface area contributed by atoms with Crippen LogP contribution < -0.4 is 10.2 Å². The van der Waals surface area contributed by atoms with Gasteiger partial charge in [-0.3, -0.25) is 4.52 Å². The number of nitrogens with zero attached hydrogens (tertiary/aromatic N) is 1. The van der Waals surface area contributed by atoms with Crippen molar-refractivity contribution in [2.24, 2.45) is 0 Å². The van der Waals surface area contributed by atoms with Crippen molar-refractivity contribution in [3.05, 3.63) is 95.2 Å². The second-order valence-corrected chi connectivity index (χ2v) is 8.89. The third kappa shape index (κ3) is 3.18. The first-order valence-corrected chi connectivity index (χ1v) is 11.2. The zero-order chi connectivity index (χ0) is 19.0. The molecular weight excluding hydrogens is 369 g/mol. The van der Waals surface area contributed by atoms with Crippen molar-refractivity contribution in [3.8, 4) is 0 Å². The molecule has 4 rings (SSSR count). The van der Waals surface area contributed by atoms with Crippen LogP contribution in [0.1, 0.15) is 22.3 Å². The van der Waals surface area contributed by atoms with Gasteiger partial charge < -0.3 is 4.90 Å². The number of anilines is 2. The van der Waals surface area contributed by atoms with Crippen molar-refractivity contribution in [1.82, 2.24) is 0 Å². The molecule has 0 bridgehead atoms. The second kappa shape index (κ2) is 7.26. The van der Waals surface area contributed by atoms with Gasteiger partial charge >= 0.3 is 6.92 Å². The van der Waals surface area contributed by atoms with Gasteiger partial charge in [-0.25, -0.2) is 0 Å². The van der Waals surface area contributed by atoms with Crippen molar-refractivity contribution in [1.29, 1.82) is 0 Å². The first-order chi connectivity index (χ1) is 13.1. The van der Waals surface area contributed by atoms with Crippen LogP contribution in [0.25, 0.3) is 5.57 Å². The highest BCUT2D eigenvalue weighted by molar-refractivity contribution is 8.06. The van der Waals surface area contributed by atoms with E-state index >= 15 is 0 Å². The summed E-state index contributed by atoms with van der Waals surface area (Å²) in [5.41, 5.74) is 8.15. The summed E-state index contributed by atoms with van der Waals surface area (Å²) >= 11 is 5.76. The Balaban J connectivity index is 1.78. The zero-order valence-electron chi connectivity index (χ0n) is 15.6. The van der Waals surface area contributed by atoms with Gasteiger partial charge in [0.1, 0.15) is 0 Å². The fraction of sp³-hybridized carbons (Fsp3) is 0.130. The maximum absolute atomic E-state index is 6.18. The van der Waals surface area contributed by atoms with E-state index in [0.717, 1.165) is 10.9 Å². The number of rotatable bonds is 3. The summed E-state index contributed by atoms with van der Waals surface area (Å²) in [5, 5.41) is 1.15. The lowest BCUT2D eigenvalue weighted by Gasteiger charge is -2.31. The van der Waals surface area contributed by atoms with Gasteiger partial charge in [0.05, 0.1) is 0 Å². The molecule has 27 heavy (non-hydrogen) atoms. The molecule has 0 saturated heterocycles. The Morgan fingerprint density at radius 3 is 1.89 bits per heavy atom. The number of hydrogen-bond acceptors (Lipinski definition) is 3.